The van der Waals surface area contributed by atoms with Crippen LogP contribution in [0.1, 0.15) is 40.5 Å². The van der Waals surface area contributed by atoms with Crippen molar-refractivity contribution in [3.63, 3.8) is 0 Å². The van der Waals surface area contributed by atoms with Crippen molar-refractivity contribution in [2.45, 2.75) is 39.8 Å². The van der Waals surface area contributed by atoms with Crippen molar-refractivity contribution >= 4 is 21.6 Å². The minimum absolute atomic E-state index is 0.0351. The van der Waals surface area contributed by atoms with Crippen molar-refractivity contribution in [3.05, 3.63) is 50.4 Å². The van der Waals surface area contributed by atoms with Gasteiger partial charge in [-0.2, -0.15) is 0 Å². The van der Waals surface area contributed by atoms with Gasteiger partial charge in [-0.15, -0.1) is 11.3 Å². The first kappa shape index (κ1) is 15.4. The van der Waals surface area contributed by atoms with Crippen LogP contribution in [0.4, 0.5) is 0 Å². The van der Waals surface area contributed by atoms with Crippen LogP contribution in [0.15, 0.2) is 17.3 Å². The molecule has 3 aromatic rings. The first-order valence-corrected chi connectivity index (χ1v) is 8.88. The maximum Gasteiger partial charge on any atom is 0.259 e. The van der Waals surface area contributed by atoms with E-state index in [2.05, 4.69) is 26.8 Å². The lowest BCUT2D eigenvalue weighted by atomic mass is 10.1. The second-order valence-electron chi connectivity index (χ2n) is 6.31. The number of hydrogen-bond donors (Lipinski definition) is 1. The minimum Gasteiger partial charge on any atom is -0.309 e. The van der Waals surface area contributed by atoms with E-state index in [0.717, 1.165) is 51.7 Å². The zero-order valence-electron chi connectivity index (χ0n) is 14.0. The Morgan fingerprint density at radius 1 is 1.38 bits per heavy atom. The van der Waals surface area contributed by atoms with Gasteiger partial charge in [0.25, 0.3) is 5.56 Å². The number of H-pyrrole nitrogens is 1. The fourth-order valence-electron chi connectivity index (χ4n) is 3.24. The van der Waals surface area contributed by atoms with E-state index in [0.29, 0.717) is 0 Å². The average molecular weight is 341 g/mol. The molecular formula is C17H19N5OS. The van der Waals surface area contributed by atoms with Gasteiger partial charge in [0.15, 0.2) is 0 Å². The molecule has 0 unspecified atom stereocenters. The molecule has 0 spiro atoms. The molecule has 0 saturated heterocycles. The predicted octanol–water partition coefficient (Wildman–Crippen LogP) is 2.51. The van der Waals surface area contributed by atoms with Crippen molar-refractivity contribution in [1.82, 2.24) is 24.8 Å². The largest absolute Gasteiger partial charge is 0.309 e. The summed E-state index contributed by atoms with van der Waals surface area (Å²) in [6.07, 6.45) is 4.41. The molecule has 0 radical (unpaired) electrons. The summed E-state index contributed by atoms with van der Waals surface area (Å²) < 4.78 is 0. The Hall–Kier alpha value is -2.12. The molecule has 0 fully saturated rings. The number of aromatic amines is 1. The van der Waals surface area contributed by atoms with Crippen LogP contribution in [0.3, 0.4) is 0 Å². The summed E-state index contributed by atoms with van der Waals surface area (Å²) in [6, 6.07) is 0.0351. The Morgan fingerprint density at radius 2 is 2.21 bits per heavy atom. The number of aryl methyl sites for hydroxylation is 2. The topological polar surface area (TPSA) is 74.8 Å². The van der Waals surface area contributed by atoms with Gasteiger partial charge in [0, 0.05) is 24.2 Å². The summed E-state index contributed by atoms with van der Waals surface area (Å²) in [6.45, 7) is 7.76. The van der Waals surface area contributed by atoms with Gasteiger partial charge >= 0.3 is 0 Å². The molecule has 4 rings (SSSR count). The molecule has 0 aromatic carbocycles. The number of nitrogens with zero attached hydrogens (tertiary/aromatic N) is 4. The standard InChI is InChI=1S/C17H19N5OS/c1-9-11(3)24-17-14(9)16(23)20-15(21-17)10(2)22-5-4-12-6-18-8-19-13(12)7-22/h6,8,10H,4-5,7H2,1-3H3,(H,20,21,23)/t10-/m0/s1. The lowest BCUT2D eigenvalue weighted by Gasteiger charge is -2.32. The molecule has 1 aliphatic rings. The highest BCUT2D eigenvalue weighted by Gasteiger charge is 2.25. The summed E-state index contributed by atoms with van der Waals surface area (Å²) in [4.78, 5) is 33.0. The van der Waals surface area contributed by atoms with Crippen LogP contribution in [0.25, 0.3) is 10.2 Å². The summed E-state index contributed by atoms with van der Waals surface area (Å²) in [5.41, 5.74) is 3.27. The van der Waals surface area contributed by atoms with Crippen molar-refractivity contribution in [3.8, 4) is 0 Å². The number of nitrogens with one attached hydrogen (secondary N) is 1. The average Bonchev–Trinajstić information content (AvgIpc) is 2.88. The maximum absolute atomic E-state index is 12.5. The molecule has 0 bridgehead atoms. The molecule has 24 heavy (non-hydrogen) atoms. The Labute approximate surface area is 143 Å². The van der Waals surface area contributed by atoms with Gasteiger partial charge in [0.2, 0.25) is 0 Å². The van der Waals surface area contributed by atoms with Crippen LogP contribution < -0.4 is 5.56 Å². The van der Waals surface area contributed by atoms with Crippen molar-refractivity contribution in [2.24, 2.45) is 0 Å². The molecule has 0 aliphatic carbocycles. The monoisotopic (exact) mass is 341 g/mol. The molecule has 6 nitrogen and oxygen atoms in total. The zero-order valence-corrected chi connectivity index (χ0v) is 14.8. The predicted molar refractivity (Wildman–Crippen MR) is 94.3 cm³/mol. The van der Waals surface area contributed by atoms with E-state index in [1.54, 1.807) is 17.7 Å². The molecule has 0 saturated carbocycles. The Balaban J connectivity index is 1.69. The molecule has 1 aliphatic heterocycles. The third-order valence-electron chi connectivity index (χ3n) is 4.90. The van der Waals surface area contributed by atoms with Crippen LogP contribution >= 0.6 is 11.3 Å². The molecular weight excluding hydrogens is 322 g/mol. The SMILES string of the molecule is Cc1sc2nc([C@H](C)N3CCc4cncnc4C3)[nH]c(=O)c2c1C. The molecule has 4 heterocycles. The van der Waals surface area contributed by atoms with Gasteiger partial charge in [-0.3, -0.25) is 9.69 Å². The number of thiophene rings is 1. The smallest absolute Gasteiger partial charge is 0.259 e. The fourth-order valence-corrected chi connectivity index (χ4v) is 4.28. The van der Waals surface area contributed by atoms with Crippen molar-refractivity contribution in [2.75, 3.05) is 6.54 Å². The number of hydrogen-bond acceptors (Lipinski definition) is 6. The molecule has 7 heteroatoms. The van der Waals surface area contributed by atoms with E-state index < -0.39 is 0 Å². The lowest BCUT2D eigenvalue weighted by molar-refractivity contribution is 0.182. The minimum atomic E-state index is -0.0385. The molecule has 0 amide bonds. The summed E-state index contributed by atoms with van der Waals surface area (Å²) in [5, 5.41) is 0.727. The third-order valence-corrected chi connectivity index (χ3v) is 6.00. The van der Waals surface area contributed by atoms with Crippen LogP contribution in [0, 0.1) is 13.8 Å². The van der Waals surface area contributed by atoms with Crippen LogP contribution in [0.5, 0.6) is 0 Å². The molecule has 1 N–H and O–H groups in total. The van der Waals surface area contributed by atoms with Crippen LogP contribution in [-0.2, 0) is 13.0 Å². The van der Waals surface area contributed by atoms with Gasteiger partial charge in [0.1, 0.15) is 17.0 Å². The summed E-state index contributed by atoms with van der Waals surface area (Å²) in [5.74, 6) is 0.728. The van der Waals surface area contributed by atoms with Gasteiger partial charge in [-0.05, 0) is 38.3 Å². The Bertz CT molecular complexity index is 977. The summed E-state index contributed by atoms with van der Waals surface area (Å²) >= 11 is 1.59. The quantitative estimate of drug-likeness (QED) is 0.775. The van der Waals surface area contributed by atoms with E-state index in [1.165, 1.54) is 5.56 Å². The first-order chi connectivity index (χ1) is 11.5. The number of rotatable bonds is 2. The molecule has 1 atom stereocenters. The van der Waals surface area contributed by atoms with Crippen molar-refractivity contribution < 1.29 is 0 Å². The van der Waals surface area contributed by atoms with E-state index in [9.17, 15) is 4.79 Å². The van der Waals surface area contributed by atoms with E-state index in [1.807, 2.05) is 20.0 Å². The Kier molecular flexibility index (Phi) is 3.69. The highest BCUT2D eigenvalue weighted by atomic mass is 32.1. The van der Waals surface area contributed by atoms with Crippen LogP contribution in [0.2, 0.25) is 0 Å². The van der Waals surface area contributed by atoms with Gasteiger partial charge in [-0.1, -0.05) is 0 Å². The van der Waals surface area contributed by atoms with E-state index in [4.69, 9.17) is 4.98 Å². The number of aromatic nitrogens is 4. The number of fused-ring (bicyclic) bond motifs is 2. The van der Waals surface area contributed by atoms with Crippen LogP contribution in [-0.4, -0.2) is 31.4 Å². The normalized spacial score (nSPS) is 16.3. The second-order valence-corrected chi connectivity index (χ2v) is 7.51. The van der Waals surface area contributed by atoms with E-state index in [-0.39, 0.29) is 11.6 Å². The fraction of sp³-hybridized carbons (Fsp3) is 0.412. The Morgan fingerprint density at radius 3 is 3.04 bits per heavy atom. The van der Waals surface area contributed by atoms with E-state index >= 15 is 0 Å². The lowest BCUT2D eigenvalue weighted by Crippen LogP contribution is -2.35. The van der Waals surface area contributed by atoms with Gasteiger partial charge in [-0.25, -0.2) is 15.0 Å². The van der Waals surface area contributed by atoms with Gasteiger partial charge in [0.05, 0.1) is 17.1 Å². The van der Waals surface area contributed by atoms with Crippen molar-refractivity contribution in [1.29, 1.82) is 0 Å². The third kappa shape index (κ3) is 2.44. The first-order valence-electron chi connectivity index (χ1n) is 8.06. The highest BCUT2D eigenvalue weighted by molar-refractivity contribution is 7.18. The van der Waals surface area contributed by atoms with Gasteiger partial charge < -0.3 is 4.98 Å². The second kappa shape index (κ2) is 5.75. The molecule has 124 valence electrons. The molecule has 3 aromatic heterocycles. The summed E-state index contributed by atoms with van der Waals surface area (Å²) in [7, 11) is 0. The highest BCUT2D eigenvalue weighted by Crippen LogP contribution is 2.28. The maximum atomic E-state index is 12.5. The zero-order chi connectivity index (χ0) is 16.8.